The van der Waals surface area contributed by atoms with Gasteiger partial charge in [-0.05, 0) is 61.7 Å². The number of nitrogens with zero attached hydrogens (tertiary/aromatic N) is 2. The lowest BCUT2D eigenvalue weighted by molar-refractivity contribution is -0.0608. The third-order valence-electron chi connectivity index (χ3n) is 6.49. The normalized spacial score (nSPS) is 45.2. The molecule has 1 heterocycles. The molecule has 1 atom stereocenters. The fourth-order valence-corrected chi connectivity index (χ4v) is 5.93. The van der Waals surface area contributed by atoms with E-state index in [1.165, 1.54) is 32.1 Å². The molecule has 4 saturated carbocycles. The Hall–Kier alpha value is -0.590. The van der Waals surface area contributed by atoms with E-state index in [9.17, 15) is 5.26 Å². The molecule has 1 aliphatic heterocycles. The Kier molecular flexibility index (Phi) is 3.48. The summed E-state index contributed by atoms with van der Waals surface area (Å²) < 4.78 is 5.43. The topological polar surface area (TPSA) is 36.3 Å². The van der Waals surface area contributed by atoms with Crippen LogP contribution in [0.3, 0.4) is 0 Å². The van der Waals surface area contributed by atoms with Gasteiger partial charge in [-0.3, -0.25) is 4.90 Å². The number of nitriles is 1. The van der Waals surface area contributed by atoms with Gasteiger partial charge in [0.05, 0.1) is 25.2 Å². The van der Waals surface area contributed by atoms with Crippen LogP contribution in [0.2, 0.25) is 0 Å². The largest absolute Gasteiger partial charge is 0.379 e. The molecular weight excluding hydrogens is 248 g/mol. The van der Waals surface area contributed by atoms with Crippen molar-refractivity contribution >= 4 is 0 Å². The summed E-state index contributed by atoms with van der Waals surface area (Å²) in [6, 6.07) is 2.69. The molecule has 5 fully saturated rings. The van der Waals surface area contributed by atoms with E-state index in [1.54, 1.807) is 0 Å². The standard InChI is InChI=1S/C17H26N2O/c18-10-16(11-19-1-3-20-4-2-19)17-14-6-12-5-13(8-14)9-15(17)7-12/h12-17H,1-9,11H2. The van der Waals surface area contributed by atoms with Gasteiger partial charge in [0, 0.05) is 19.6 Å². The van der Waals surface area contributed by atoms with Crippen molar-refractivity contribution in [3.63, 3.8) is 0 Å². The van der Waals surface area contributed by atoms with Crippen LogP contribution >= 0.6 is 0 Å². The van der Waals surface area contributed by atoms with Crippen molar-refractivity contribution in [1.82, 2.24) is 4.90 Å². The second-order valence-electron chi connectivity index (χ2n) is 7.66. The highest BCUT2D eigenvalue weighted by Crippen LogP contribution is 2.58. The lowest BCUT2D eigenvalue weighted by Crippen LogP contribution is -2.50. The van der Waals surface area contributed by atoms with Crippen molar-refractivity contribution in [2.75, 3.05) is 32.8 Å². The number of rotatable bonds is 3. The van der Waals surface area contributed by atoms with E-state index in [2.05, 4.69) is 11.0 Å². The van der Waals surface area contributed by atoms with E-state index >= 15 is 0 Å². The Morgan fingerprint density at radius 1 is 1.00 bits per heavy atom. The Morgan fingerprint density at radius 2 is 1.60 bits per heavy atom. The fourth-order valence-electron chi connectivity index (χ4n) is 5.93. The zero-order valence-corrected chi connectivity index (χ0v) is 12.3. The zero-order chi connectivity index (χ0) is 13.5. The van der Waals surface area contributed by atoms with Gasteiger partial charge in [-0.1, -0.05) is 0 Å². The zero-order valence-electron chi connectivity index (χ0n) is 12.3. The molecule has 20 heavy (non-hydrogen) atoms. The maximum Gasteiger partial charge on any atom is 0.0672 e. The molecule has 0 N–H and O–H groups in total. The van der Waals surface area contributed by atoms with Crippen LogP contribution in [0.5, 0.6) is 0 Å². The maximum atomic E-state index is 9.73. The van der Waals surface area contributed by atoms with E-state index in [0.717, 1.165) is 56.5 Å². The first-order chi connectivity index (χ1) is 9.83. The van der Waals surface area contributed by atoms with Gasteiger partial charge in [-0.15, -0.1) is 0 Å². The van der Waals surface area contributed by atoms with Crippen LogP contribution < -0.4 is 0 Å². The lowest BCUT2D eigenvalue weighted by atomic mass is 9.49. The molecule has 4 aliphatic carbocycles. The highest BCUT2D eigenvalue weighted by molar-refractivity contribution is 5.04. The average molecular weight is 274 g/mol. The maximum absolute atomic E-state index is 9.73. The molecule has 1 unspecified atom stereocenters. The quantitative estimate of drug-likeness (QED) is 0.793. The van der Waals surface area contributed by atoms with Crippen LogP contribution in [0, 0.1) is 46.8 Å². The minimum atomic E-state index is 0.267. The average Bonchev–Trinajstić information content (AvgIpc) is 2.46. The van der Waals surface area contributed by atoms with Gasteiger partial charge in [-0.2, -0.15) is 5.26 Å². The number of hydrogen-bond donors (Lipinski definition) is 0. The summed E-state index contributed by atoms with van der Waals surface area (Å²) in [6.07, 6.45) is 7.22. The SMILES string of the molecule is N#CC(CN1CCOCC1)C1C2CC3CC(C2)CC1C3. The van der Waals surface area contributed by atoms with Gasteiger partial charge >= 0.3 is 0 Å². The summed E-state index contributed by atoms with van der Waals surface area (Å²) in [6.45, 7) is 4.73. The van der Waals surface area contributed by atoms with E-state index < -0.39 is 0 Å². The van der Waals surface area contributed by atoms with Gasteiger partial charge in [0.15, 0.2) is 0 Å². The van der Waals surface area contributed by atoms with Crippen LogP contribution in [-0.4, -0.2) is 37.7 Å². The Balaban J connectivity index is 1.46. The van der Waals surface area contributed by atoms with Crippen LogP contribution in [0.15, 0.2) is 0 Å². The molecule has 5 aliphatic rings. The summed E-state index contributed by atoms with van der Waals surface area (Å²) in [4.78, 5) is 2.46. The summed E-state index contributed by atoms with van der Waals surface area (Å²) in [5.41, 5.74) is 0. The number of ether oxygens (including phenoxy) is 1. The van der Waals surface area contributed by atoms with Crippen molar-refractivity contribution < 1.29 is 4.74 Å². The van der Waals surface area contributed by atoms with Crippen LogP contribution in [0.4, 0.5) is 0 Å². The lowest BCUT2D eigenvalue weighted by Gasteiger charge is -2.56. The molecule has 0 radical (unpaired) electrons. The number of hydrogen-bond acceptors (Lipinski definition) is 3. The first kappa shape index (κ1) is 13.1. The molecule has 0 amide bonds. The summed E-state index contributed by atoms with van der Waals surface area (Å²) >= 11 is 0. The predicted molar refractivity (Wildman–Crippen MR) is 76.9 cm³/mol. The molecule has 0 aromatic rings. The summed E-state index contributed by atoms with van der Waals surface area (Å²) in [7, 11) is 0. The van der Waals surface area contributed by atoms with Crippen molar-refractivity contribution in [1.29, 1.82) is 5.26 Å². The first-order valence-electron chi connectivity index (χ1n) is 8.53. The van der Waals surface area contributed by atoms with E-state index in [0.29, 0.717) is 5.92 Å². The molecule has 0 aromatic heterocycles. The Labute approximate surface area is 122 Å². The molecule has 4 bridgehead atoms. The molecule has 110 valence electrons. The molecule has 1 saturated heterocycles. The minimum absolute atomic E-state index is 0.267. The van der Waals surface area contributed by atoms with Gasteiger partial charge < -0.3 is 4.74 Å². The second kappa shape index (κ2) is 5.31. The van der Waals surface area contributed by atoms with Gasteiger partial charge in [0.1, 0.15) is 0 Å². The van der Waals surface area contributed by atoms with Crippen LogP contribution in [0.1, 0.15) is 32.1 Å². The van der Waals surface area contributed by atoms with E-state index in [1.807, 2.05) is 0 Å². The minimum Gasteiger partial charge on any atom is -0.379 e. The smallest absolute Gasteiger partial charge is 0.0672 e. The first-order valence-corrected chi connectivity index (χ1v) is 8.53. The Bertz CT molecular complexity index is 368. The molecule has 0 aromatic carbocycles. The predicted octanol–water partition coefficient (Wildman–Crippen LogP) is 2.53. The third-order valence-corrected chi connectivity index (χ3v) is 6.49. The van der Waals surface area contributed by atoms with Crippen molar-refractivity contribution in [2.45, 2.75) is 32.1 Å². The molecule has 3 nitrogen and oxygen atoms in total. The van der Waals surface area contributed by atoms with Gasteiger partial charge in [0.25, 0.3) is 0 Å². The van der Waals surface area contributed by atoms with Crippen LogP contribution in [0.25, 0.3) is 0 Å². The summed E-state index contributed by atoms with van der Waals surface area (Å²) in [5.74, 6) is 4.74. The van der Waals surface area contributed by atoms with Crippen molar-refractivity contribution in [3.05, 3.63) is 0 Å². The third kappa shape index (κ3) is 2.27. The monoisotopic (exact) mass is 274 g/mol. The van der Waals surface area contributed by atoms with E-state index in [4.69, 9.17) is 4.74 Å². The molecule has 3 heteroatoms. The van der Waals surface area contributed by atoms with Crippen LogP contribution in [-0.2, 0) is 4.74 Å². The number of morpholine rings is 1. The molecule has 0 spiro atoms. The molecular formula is C17H26N2O. The van der Waals surface area contributed by atoms with Gasteiger partial charge in [0.2, 0.25) is 0 Å². The van der Waals surface area contributed by atoms with Gasteiger partial charge in [-0.25, -0.2) is 0 Å². The fraction of sp³-hybridized carbons (Fsp3) is 0.941. The Morgan fingerprint density at radius 3 is 2.15 bits per heavy atom. The van der Waals surface area contributed by atoms with Crippen molar-refractivity contribution in [2.24, 2.45) is 35.5 Å². The second-order valence-corrected chi connectivity index (χ2v) is 7.66. The molecule has 5 rings (SSSR count). The highest BCUT2D eigenvalue weighted by atomic mass is 16.5. The summed E-state index contributed by atoms with van der Waals surface area (Å²) in [5, 5.41) is 9.73. The van der Waals surface area contributed by atoms with E-state index in [-0.39, 0.29) is 5.92 Å². The van der Waals surface area contributed by atoms with Crippen molar-refractivity contribution in [3.8, 4) is 6.07 Å². The highest BCUT2D eigenvalue weighted by Gasteiger charge is 2.50.